The molecule has 20 heavy (non-hydrogen) atoms. The Balaban J connectivity index is 2.08. The second-order valence-corrected chi connectivity index (χ2v) is 7.11. The molecule has 0 spiro atoms. The third kappa shape index (κ3) is 3.63. The number of aromatic nitrogens is 1. The molecule has 5 nitrogen and oxygen atoms in total. The summed E-state index contributed by atoms with van der Waals surface area (Å²) in [5.41, 5.74) is 2.81. The lowest BCUT2D eigenvalue weighted by Gasteiger charge is -2.19. The molecule has 0 bridgehead atoms. The number of nitrogens with one attached hydrogen (secondary N) is 1. The molecule has 2 atom stereocenters. The number of nitrogens with two attached hydrogens (primary N) is 1. The Kier molecular flexibility index (Phi) is 4.54. The average molecular weight is 311 g/mol. The van der Waals surface area contributed by atoms with Gasteiger partial charge in [-0.05, 0) is 31.5 Å². The fourth-order valence-electron chi connectivity index (χ4n) is 1.94. The van der Waals surface area contributed by atoms with E-state index in [1.54, 1.807) is 29.0 Å². The third-order valence-electron chi connectivity index (χ3n) is 3.09. The third-order valence-corrected chi connectivity index (χ3v) is 4.97. The molecule has 0 aliphatic carbocycles. The Morgan fingerprint density at radius 2 is 1.85 bits per heavy atom. The van der Waals surface area contributed by atoms with Gasteiger partial charge < -0.3 is 5.32 Å². The molecule has 2 rings (SSSR count). The van der Waals surface area contributed by atoms with Gasteiger partial charge in [0.1, 0.15) is 0 Å². The van der Waals surface area contributed by atoms with Crippen LogP contribution in [0.15, 0.2) is 40.9 Å². The van der Waals surface area contributed by atoms with E-state index in [1.165, 1.54) is 12.1 Å². The van der Waals surface area contributed by atoms with Gasteiger partial charge in [0.2, 0.25) is 10.0 Å². The summed E-state index contributed by atoms with van der Waals surface area (Å²) in [6, 6.07) is 6.89. The second-order valence-electron chi connectivity index (χ2n) is 4.63. The van der Waals surface area contributed by atoms with E-state index in [-0.39, 0.29) is 17.0 Å². The van der Waals surface area contributed by atoms with E-state index >= 15 is 0 Å². The normalized spacial score (nSPS) is 14.9. The number of hydrogen-bond acceptors (Lipinski definition) is 5. The predicted molar refractivity (Wildman–Crippen MR) is 79.9 cm³/mol. The molecule has 1 heterocycles. The standard InChI is InChI=1S/C13H17N3O2S2/c1-9(16-10(2)13-7-15-8-19-13)11-3-5-12(6-4-11)20(14,17)18/h3-10,16H,1-2H3,(H2,14,17,18). The van der Waals surface area contributed by atoms with Crippen molar-refractivity contribution in [2.45, 2.75) is 30.8 Å². The van der Waals surface area contributed by atoms with Gasteiger partial charge in [-0.25, -0.2) is 13.6 Å². The molecule has 7 heteroatoms. The quantitative estimate of drug-likeness (QED) is 0.886. The monoisotopic (exact) mass is 311 g/mol. The highest BCUT2D eigenvalue weighted by atomic mass is 32.2. The Hall–Kier alpha value is -1.28. The van der Waals surface area contributed by atoms with Crippen LogP contribution in [0, 0.1) is 0 Å². The van der Waals surface area contributed by atoms with Crippen LogP contribution >= 0.6 is 11.3 Å². The van der Waals surface area contributed by atoms with Crippen molar-refractivity contribution in [1.82, 2.24) is 10.3 Å². The number of hydrogen-bond donors (Lipinski definition) is 2. The van der Waals surface area contributed by atoms with Crippen LogP contribution in [0.25, 0.3) is 0 Å². The van der Waals surface area contributed by atoms with Crippen LogP contribution in [0.2, 0.25) is 0 Å². The van der Waals surface area contributed by atoms with Crippen molar-refractivity contribution in [2.24, 2.45) is 5.14 Å². The zero-order valence-electron chi connectivity index (χ0n) is 11.3. The van der Waals surface area contributed by atoms with Crippen LogP contribution in [0.1, 0.15) is 36.4 Å². The lowest BCUT2D eigenvalue weighted by molar-refractivity contribution is 0.499. The fraction of sp³-hybridized carbons (Fsp3) is 0.308. The molecule has 108 valence electrons. The largest absolute Gasteiger partial charge is 0.303 e. The van der Waals surface area contributed by atoms with Crippen molar-refractivity contribution >= 4 is 21.4 Å². The average Bonchev–Trinajstić information content (AvgIpc) is 2.91. The molecule has 1 aromatic carbocycles. The van der Waals surface area contributed by atoms with Gasteiger partial charge in [0.25, 0.3) is 0 Å². The molecule has 0 saturated heterocycles. The number of benzene rings is 1. The lowest BCUT2D eigenvalue weighted by atomic mass is 10.1. The minimum atomic E-state index is -3.63. The van der Waals surface area contributed by atoms with Gasteiger partial charge in [-0.2, -0.15) is 0 Å². The SMILES string of the molecule is CC(NC(C)c1cncs1)c1ccc(S(N)(=O)=O)cc1. The first-order valence-electron chi connectivity index (χ1n) is 6.15. The maximum absolute atomic E-state index is 11.2. The minimum absolute atomic E-state index is 0.0987. The van der Waals surface area contributed by atoms with E-state index in [0.29, 0.717) is 0 Å². The molecule has 0 aliphatic rings. The summed E-state index contributed by atoms with van der Waals surface area (Å²) in [4.78, 5) is 5.35. The fourth-order valence-corrected chi connectivity index (χ4v) is 3.09. The second kappa shape index (κ2) is 6.01. The first-order valence-corrected chi connectivity index (χ1v) is 8.57. The zero-order valence-corrected chi connectivity index (χ0v) is 12.9. The van der Waals surface area contributed by atoms with Gasteiger partial charge in [-0.1, -0.05) is 12.1 Å². The predicted octanol–water partition coefficient (Wildman–Crippen LogP) is 2.20. The van der Waals surface area contributed by atoms with E-state index in [0.717, 1.165) is 10.4 Å². The highest BCUT2D eigenvalue weighted by Gasteiger charge is 2.13. The van der Waals surface area contributed by atoms with Crippen molar-refractivity contribution in [1.29, 1.82) is 0 Å². The summed E-state index contributed by atoms with van der Waals surface area (Å²) in [7, 11) is -3.63. The molecule has 0 saturated carbocycles. The van der Waals surface area contributed by atoms with Crippen LogP contribution in [0.5, 0.6) is 0 Å². The summed E-state index contributed by atoms with van der Waals surface area (Å²) in [6.07, 6.45) is 1.85. The van der Waals surface area contributed by atoms with Gasteiger partial charge in [-0.15, -0.1) is 11.3 Å². The van der Waals surface area contributed by atoms with Crippen LogP contribution in [0.3, 0.4) is 0 Å². The summed E-state index contributed by atoms with van der Waals surface area (Å²) in [5, 5.41) is 8.53. The number of sulfonamides is 1. The van der Waals surface area contributed by atoms with Crippen molar-refractivity contribution in [3.05, 3.63) is 46.4 Å². The first-order chi connectivity index (χ1) is 9.38. The van der Waals surface area contributed by atoms with E-state index < -0.39 is 10.0 Å². The summed E-state index contributed by atoms with van der Waals surface area (Å²) in [6.45, 7) is 4.10. The summed E-state index contributed by atoms with van der Waals surface area (Å²) in [5.74, 6) is 0. The molecule has 2 unspecified atom stereocenters. The highest BCUT2D eigenvalue weighted by Crippen LogP contribution is 2.22. The molecule has 0 aliphatic heterocycles. The van der Waals surface area contributed by atoms with Gasteiger partial charge >= 0.3 is 0 Å². The maximum atomic E-state index is 11.2. The van der Waals surface area contributed by atoms with Gasteiger partial charge in [0.15, 0.2) is 0 Å². The lowest BCUT2D eigenvalue weighted by Crippen LogP contribution is -2.22. The zero-order chi connectivity index (χ0) is 14.8. The van der Waals surface area contributed by atoms with E-state index in [9.17, 15) is 8.42 Å². The minimum Gasteiger partial charge on any atom is -0.303 e. The van der Waals surface area contributed by atoms with Gasteiger partial charge in [-0.3, -0.25) is 4.98 Å². The summed E-state index contributed by atoms with van der Waals surface area (Å²) < 4.78 is 22.4. The molecule has 2 aromatic rings. The van der Waals surface area contributed by atoms with E-state index in [2.05, 4.69) is 17.2 Å². The Labute approximate surface area is 122 Å². The smallest absolute Gasteiger partial charge is 0.238 e. The molecule has 1 aromatic heterocycles. The van der Waals surface area contributed by atoms with Crippen LogP contribution < -0.4 is 10.5 Å². The number of nitrogens with zero attached hydrogens (tertiary/aromatic N) is 1. The van der Waals surface area contributed by atoms with Gasteiger partial charge in [0, 0.05) is 23.2 Å². The molecule has 0 amide bonds. The van der Waals surface area contributed by atoms with E-state index in [1.807, 2.05) is 13.1 Å². The first kappa shape index (κ1) is 15.1. The number of rotatable bonds is 5. The number of primary sulfonamides is 1. The van der Waals surface area contributed by atoms with Crippen molar-refractivity contribution in [3.63, 3.8) is 0 Å². The molecule has 0 radical (unpaired) electrons. The topological polar surface area (TPSA) is 85.1 Å². The van der Waals surface area contributed by atoms with Crippen molar-refractivity contribution < 1.29 is 8.42 Å². The Bertz CT molecular complexity index is 651. The van der Waals surface area contributed by atoms with Crippen LogP contribution in [0.4, 0.5) is 0 Å². The molecular formula is C13H17N3O2S2. The Morgan fingerprint density at radius 1 is 1.20 bits per heavy atom. The number of thiazole rings is 1. The van der Waals surface area contributed by atoms with Crippen molar-refractivity contribution in [2.75, 3.05) is 0 Å². The highest BCUT2D eigenvalue weighted by molar-refractivity contribution is 7.89. The Morgan fingerprint density at radius 3 is 2.35 bits per heavy atom. The van der Waals surface area contributed by atoms with Crippen LogP contribution in [-0.4, -0.2) is 13.4 Å². The van der Waals surface area contributed by atoms with E-state index in [4.69, 9.17) is 5.14 Å². The molecular weight excluding hydrogens is 294 g/mol. The molecule has 0 fully saturated rings. The van der Waals surface area contributed by atoms with Crippen molar-refractivity contribution in [3.8, 4) is 0 Å². The van der Waals surface area contributed by atoms with Crippen LogP contribution in [-0.2, 0) is 10.0 Å². The van der Waals surface area contributed by atoms with Gasteiger partial charge in [0.05, 0.1) is 10.4 Å². The summed E-state index contributed by atoms with van der Waals surface area (Å²) >= 11 is 1.60. The maximum Gasteiger partial charge on any atom is 0.238 e. The molecule has 3 N–H and O–H groups in total.